The summed E-state index contributed by atoms with van der Waals surface area (Å²) < 4.78 is 0.850. The fourth-order valence-corrected chi connectivity index (χ4v) is 2.46. The van der Waals surface area contributed by atoms with E-state index in [-0.39, 0.29) is 17.1 Å². The monoisotopic (exact) mass is 328 g/mol. The summed E-state index contributed by atoms with van der Waals surface area (Å²) in [7, 11) is 0. The second-order valence-electron chi connectivity index (χ2n) is 3.90. The van der Waals surface area contributed by atoms with Gasteiger partial charge < -0.3 is 5.32 Å². The Kier molecular flexibility index (Phi) is 7.84. The van der Waals surface area contributed by atoms with Crippen LogP contribution in [0.3, 0.4) is 0 Å². The third-order valence-corrected chi connectivity index (χ3v) is 3.87. The summed E-state index contributed by atoms with van der Waals surface area (Å²) >= 11 is 6.97. The summed E-state index contributed by atoms with van der Waals surface area (Å²) in [6.45, 7) is 0.793. The van der Waals surface area contributed by atoms with Crippen LogP contribution in [-0.2, 0) is 29.4 Å². The van der Waals surface area contributed by atoms with Crippen LogP contribution in [0.15, 0.2) is 60.7 Å². The molecule has 2 aromatic carbocycles. The van der Waals surface area contributed by atoms with E-state index in [4.69, 9.17) is 12.2 Å². The maximum Gasteiger partial charge on any atom is 0.134 e. The van der Waals surface area contributed by atoms with Gasteiger partial charge in [0.25, 0.3) is 0 Å². The van der Waals surface area contributed by atoms with E-state index in [0.717, 1.165) is 16.6 Å². The molecule has 2 rings (SSSR count). The average Bonchev–Trinajstić information content (AvgIpc) is 2.45. The van der Waals surface area contributed by atoms with Crippen LogP contribution >= 0.6 is 24.0 Å². The van der Waals surface area contributed by atoms with Crippen molar-refractivity contribution in [3.63, 3.8) is 0 Å². The largest absolute Gasteiger partial charge is 0.367 e. The molecule has 1 nitrogen and oxygen atoms in total. The van der Waals surface area contributed by atoms with Gasteiger partial charge >= 0.3 is 0 Å². The smallest absolute Gasteiger partial charge is 0.134 e. The molecule has 0 saturated carbocycles. The molecule has 99 valence electrons. The SMILES string of the molecule is S=C(NCc1ccccc1)SCc1ccccc1.[Mn]. The Hall–Kier alpha value is -0.801. The van der Waals surface area contributed by atoms with Crippen molar-refractivity contribution >= 4 is 28.3 Å². The number of nitrogens with one attached hydrogen (secondary N) is 1. The summed E-state index contributed by atoms with van der Waals surface area (Å²) in [5.41, 5.74) is 2.55. The van der Waals surface area contributed by atoms with Gasteiger partial charge in [0.2, 0.25) is 0 Å². The van der Waals surface area contributed by atoms with Gasteiger partial charge in [0, 0.05) is 29.4 Å². The van der Waals surface area contributed by atoms with E-state index in [9.17, 15) is 0 Å². The molecule has 0 aliphatic rings. The first-order chi connectivity index (χ1) is 8.84. The number of benzene rings is 2. The van der Waals surface area contributed by atoms with Gasteiger partial charge in [-0.1, -0.05) is 84.6 Å². The topological polar surface area (TPSA) is 12.0 Å². The Morgan fingerprint density at radius 3 is 2.00 bits per heavy atom. The Labute approximate surface area is 134 Å². The molecule has 0 aliphatic heterocycles. The van der Waals surface area contributed by atoms with Crippen LogP contribution in [0.2, 0.25) is 0 Å². The van der Waals surface area contributed by atoms with Gasteiger partial charge in [-0.25, -0.2) is 0 Å². The van der Waals surface area contributed by atoms with Crippen LogP contribution < -0.4 is 5.32 Å². The van der Waals surface area contributed by atoms with Gasteiger partial charge in [-0.3, -0.25) is 0 Å². The molecule has 0 heterocycles. The molecule has 1 radical (unpaired) electrons. The van der Waals surface area contributed by atoms with E-state index in [1.54, 1.807) is 11.8 Å². The second kappa shape index (κ2) is 9.16. The molecule has 0 spiro atoms. The standard InChI is InChI=1S/C15H15NS2.Mn/c17-15(16-11-13-7-3-1-4-8-13)18-12-14-9-5-2-6-10-14;/h1-10H,11-12H2,(H,16,17);. The Morgan fingerprint density at radius 2 is 1.42 bits per heavy atom. The van der Waals surface area contributed by atoms with E-state index in [2.05, 4.69) is 41.7 Å². The zero-order chi connectivity index (χ0) is 12.6. The molecular formula is C15H15MnNS2. The molecule has 0 saturated heterocycles. The Bertz CT molecular complexity index is 443. The third kappa shape index (κ3) is 6.26. The second-order valence-corrected chi connectivity index (χ2v) is 5.55. The molecule has 1 N–H and O–H groups in total. The minimum absolute atomic E-state index is 0. The van der Waals surface area contributed by atoms with Crippen molar-refractivity contribution in [1.82, 2.24) is 5.32 Å². The number of thioether (sulfide) groups is 1. The molecule has 0 aliphatic carbocycles. The zero-order valence-corrected chi connectivity index (χ0v) is 13.2. The van der Waals surface area contributed by atoms with Crippen molar-refractivity contribution in [2.75, 3.05) is 0 Å². The summed E-state index contributed by atoms with van der Waals surface area (Å²) in [5, 5.41) is 3.26. The first-order valence-electron chi connectivity index (χ1n) is 5.83. The minimum atomic E-state index is 0. The van der Waals surface area contributed by atoms with Crippen molar-refractivity contribution in [2.24, 2.45) is 0 Å². The summed E-state index contributed by atoms with van der Waals surface area (Å²) in [5.74, 6) is 0.918. The predicted octanol–water partition coefficient (Wildman–Crippen LogP) is 3.99. The third-order valence-electron chi connectivity index (χ3n) is 2.49. The zero-order valence-electron chi connectivity index (χ0n) is 10.4. The van der Waals surface area contributed by atoms with Crippen LogP contribution in [0.4, 0.5) is 0 Å². The van der Waals surface area contributed by atoms with E-state index in [1.165, 1.54) is 11.1 Å². The van der Waals surface area contributed by atoms with Gasteiger partial charge in [-0.15, -0.1) is 0 Å². The normalized spacial score (nSPS) is 9.47. The summed E-state index contributed by atoms with van der Waals surface area (Å²) in [6.07, 6.45) is 0. The summed E-state index contributed by atoms with van der Waals surface area (Å²) in [6, 6.07) is 20.7. The molecule has 0 aromatic heterocycles. The summed E-state index contributed by atoms with van der Waals surface area (Å²) in [4.78, 5) is 0. The van der Waals surface area contributed by atoms with Crippen molar-refractivity contribution in [3.05, 3.63) is 71.8 Å². The van der Waals surface area contributed by atoms with Crippen molar-refractivity contribution in [2.45, 2.75) is 12.3 Å². The fraction of sp³-hybridized carbons (Fsp3) is 0.133. The van der Waals surface area contributed by atoms with Crippen LogP contribution in [0.25, 0.3) is 0 Å². The van der Waals surface area contributed by atoms with E-state index < -0.39 is 0 Å². The minimum Gasteiger partial charge on any atom is -0.367 e. The molecule has 0 bridgehead atoms. The van der Waals surface area contributed by atoms with Crippen molar-refractivity contribution in [1.29, 1.82) is 0 Å². The molecule has 2 aromatic rings. The quantitative estimate of drug-likeness (QED) is 0.673. The maximum absolute atomic E-state index is 5.30. The van der Waals surface area contributed by atoms with Crippen LogP contribution in [0.1, 0.15) is 11.1 Å². The van der Waals surface area contributed by atoms with E-state index in [0.29, 0.717) is 0 Å². The van der Waals surface area contributed by atoms with Crippen LogP contribution in [0, 0.1) is 0 Å². The van der Waals surface area contributed by atoms with Gasteiger partial charge in [0.1, 0.15) is 4.32 Å². The predicted molar refractivity (Wildman–Crippen MR) is 83.6 cm³/mol. The molecule has 0 atom stereocenters. The Balaban J connectivity index is 0.00000180. The van der Waals surface area contributed by atoms with Crippen LogP contribution in [-0.4, -0.2) is 4.32 Å². The van der Waals surface area contributed by atoms with Crippen molar-refractivity contribution in [3.8, 4) is 0 Å². The molecular weight excluding hydrogens is 313 g/mol. The molecule has 4 heteroatoms. The molecule has 0 amide bonds. The fourth-order valence-electron chi connectivity index (χ4n) is 1.54. The van der Waals surface area contributed by atoms with E-state index >= 15 is 0 Å². The first-order valence-corrected chi connectivity index (χ1v) is 7.22. The molecule has 19 heavy (non-hydrogen) atoms. The molecule has 0 unspecified atom stereocenters. The van der Waals surface area contributed by atoms with E-state index in [1.807, 2.05) is 24.3 Å². The van der Waals surface area contributed by atoms with Gasteiger partial charge in [0.05, 0.1) is 0 Å². The van der Waals surface area contributed by atoms with Gasteiger partial charge in [0.15, 0.2) is 0 Å². The van der Waals surface area contributed by atoms with Gasteiger partial charge in [-0.2, -0.15) is 0 Å². The van der Waals surface area contributed by atoms with Crippen LogP contribution in [0.5, 0.6) is 0 Å². The Morgan fingerprint density at radius 1 is 0.895 bits per heavy atom. The molecule has 0 fully saturated rings. The average molecular weight is 328 g/mol. The van der Waals surface area contributed by atoms with Gasteiger partial charge in [-0.05, 0) is 11.1 Å². The number of thiocarbonyl (C=S) groups is 1. The van der Waals surface area contributed by atoms with Crippen molar-refractivity contribution < 1.29 is 17.1 Å². The number of rotatable bonds is 4. The maximum atomic E-state index is 5.30. The number of hydrogen-bond acceptors (Lipinski definition) is 2. The number of hydrogen-bond donors (Lipinski definition) is 1. The first kappa shape index (κ1) is 16.3.